The van der Waals surface area contributed by atoms with Crippen LogP contribution in [0.15, 0.2) is 24.3 Å². The van der Waals surface area contributed by atoms with Crippen LogP contribution in [0.2, 0.25) is 0 Å². The Morgan fingerprint density at radius 3 is 2.89 bits per heavy atom. The molecule has 0 radical (unpaired) electrons. The summed E-state index contributed by atoms with van der Waals surface area (Å²) in [7, 11) is 0. The van der Waals surface area contributed by atoms with Gasteiger partial charge in [-0.3, -0.25) is 4.90 Å². The minimum Gasteiger partial charge on any atom is -0.508 e. The predicted octanol–water partition coefficient (Wildman–Crippen LogP) is 3.30. The van der Waals surface area contributed by atoms with E-state index in [0.29, 0.717) is 5.75 Å². The summed E-state index contributed by atoms with van der Waals surface area (Å²) < 4.78 is 0. The van der Waals surface area contributed by atoms with E-state index in [9.17, 15) is 5.11 Å². The van der Waals surface area contributed by atoms with Crippen LogP contribution in [0.25, 0.3) is 0 Å². The molecule has 1 aromatic rings. The van der Waals surface area contributed by atoms with Gasteiger partial charge in [0.05, 0.1) is 0 Å². The monoisotopic (exact) mass is 245 g/mol. The zero-order valence-corrected chi connectivity index (χ0v) is 11.2. The van der Waals surface area contributed by atoms with Gasteiger partial charge in [0.25, 0.3) is 0 Å². The highest BCUT2D eigenvalue weighted by Gasteiger charge is 2.43. The lowest BCUT2D eigenvalue weighted by molar-refractivity contribution is 0.292. The smallest absolute Gasteiger partial charge is 0.115 e. The number of likely N-dealkylation sites (tertiary alicyclic amines) is 1. The molecule has 1 aliphatic carbocycles. The van der Waals surface area contributed by atoms with Gasteiger partial charge in [-0.2, -0.15) is 0 Å². The zero-order valence-electron chi connectivity index (χ0n) is 11.2. The molecule has 0 aromatic heterocycles. The van der Waals surface area contributed by atoms with Crippen molar-refractivity contribution in [3.63, 3.8) is 0 Å². The van der Waals surface area contributed by atoms with E-state index in [1.54, 1.807) is 6.07 Å². The predicted molar refractivity (Wildman–Crippen MR) is 73.9 cm³/mol. The first-order valence-electron chi connectivity index (χ1n) is 7.27. The Bertz CT molecular complexity index is 427. The van der Waals surface area contributed by atoms with Gasteiger partial charge in [0, 0.05) is 18.0 Å². The molecule has 1 N–H and O–H groups in total. The third-order valence-corrected chi connectivity index (χ3v) is 4.63. The van der Waals surface area contributed by atoms with Crippen LogP contribution in [0, 0.1) is 0 Å². The van der Waals surface area contributed by atoms with Crippen molar-refractivity contribution in [2.45, 2.75) is 50.5 Å². The summed E-state index contributed by atoms with van der Waals surface area (Å²) in [5.41, 5.74) is 1.63. The van der Waals surface area contributed by atoms with Gasteiger partial charge >= 0.3 is 0 Å². The minimum atomic E-state index is 0.288. The Kier molecular flexibility index (Phi) is 3.06. The molecule has 0 bridgehead atoms. The number of hydrogen-bond donors (Lipinski definition) is 1. The first-order valence-corrected chi connectivity index (χ1v) is 7.27. The van der Waals surface area contributed by atoms with Crippen LogP contribution in [0.1, 0.15) is 44.6 Å². The van der Waals surface area contributed by atoms with Gasteiger partial charge in [0.1, 0.15) is 5.75 Å². The van der Waals surface area contributed by atoms with E-state index in [4.69, 9.17) is 0 Å². The molecule has 1 saturated carbocycles. The largest absolute Gasteiger partial charge is 0.508 e. The topological polar surface area (TPSA) is 23.5 Å². The van der Waals surface area contributed by atoms with E-state index in [-0.39, 0.29) is 5.41 Å². The van der Waals surface area contributed by atoms with E-state index in [2.05, 4.69) is 17.9 Å². The third kappa shape index (κ3) is 2.14. The highest BCUT2D eigenvalue weighted by Crippen LogP contribution is 2.43. The molecule has 2 nitrogen and oxygen atoms in total. The molecular formula is C16H23NO. The van der Waals surface area contributed by atoms with Crippen molar-refractivity contribution in [2.24, 2.45) is 0 Å². The molecular weight excluding hydrogens is 222 g/mol. The standard InChI is InChI=1S/C16H23NO/c1-2-8-16(13-4-3-5-15(18)11-13)9-10-17(12-16)14-6-7-14/h3-5,11,14,18H,2,6-10,12H2,1H3/t16-/m0/s1. The van der Waals surface area contributed by atoms with Crippen molar-refractivity contribution in [3.05, 3.63) is 29.8 Å². The van der Waals surface area contributed by atoms with E-state index >= 15 is 0 Å². The lowest BCUT2D eigenvalue weighted by atomic mass is 9.76. The lowest BCUT2D eigenvalue weighted by Gasteiger charge is -2.30. The molecule has 1 atom stereocenters. The Hall–Kier alpha value is -1.02. The molecule has 1 aromatic carbocycles. The molecule has 18 heavy (non-hydrogen) atoms. The summed E-state index contributed by atoms with van der Waals surface area (Å²) in [6.45, 7) is 4.69. The van der Waals surface area contributed by atoms with E-state index < -0.39 is 0 Å². The minimum absolute atomic E-state index is 0.288. The lowest BCUT2D eigenvalue weighted by Crippen LogP contribution is -2.32. The van der Waals surface area contributed by atoms with Crippen molar-refractivity contribution in [2.75, 3.05) is 13.1 Å². The molecule has 1 saturated heterocycles. The van der Waals surface area contributed by atoms with E-state index in [0.717, 1.165) is 6.04 Å². The Balaban J connectivity index is 1.87. The molecule has 0 amide bonds. The number of phenolic OH excluding ortho intramolecular Hbond substituents is 1. The van der Waals surface area contributed by atoms with Crippen LogP contribution >= 0.6 is 0 Å². The fraction of sp³-hybridized carbons (Fsp3) is 0.625. The van der Waals surface area contributed by atoms with Crippen molar-refractivity contribution in [3.8, 4) is 5.75 Å². The van der Waals surface area contributed by atoms with Crippen molar-refractivity contribution >= 4 is 0 Å². The second-order valence-electron chi connectivity index (χ2n) is 6.03. The maximum atomic E-state index is 9.73. The van der Waals surface area contributed by atoms with Crippen LogP contribution in [0.3, 0.4) is 0 Å². The summed E-state index contributed by atoms with van der Waals surface area (Å²) in [5.74, 6) is 0.410. The number of phenols is 1. The molecule has 2 fully saturated rings. The van der Waals surface area contributed by atoms with E-state index in [1.165, 1.54) is 50.8 Å². The normalized spacial score (nSPS) is 28.7. The molecule has 0 unspecified atom stereocenters. The van der Waals surface area contributed by atoms with Crippen molar-refractivity contribution in [1.29, 1.82) is 0 Å². The fourth-order valence-corrected chi connectivity index (χ4v) is 3.55. The first-order chi connectivity index (χ1) is 8.73. The summed E-state index contributed by atoms with van der Waals surface area (Å²) in [6.07, 6.45) is 6.49. The number of benzene rings is 1. The van der Waals surface area contributed by atoms with Crippen molar-refractivity contribution in [1.82, 2.24) is 4.90 Å². The van der Waals surface area contributed by atoms with Crippen LogP contribution in [-0.2, 0) is 5.41 Å². The van der Waals surface area contributed by atoms with Gasteiger partial charge in [-0.1, -0.05) is 25.5 Å². The quantitative estimate of drug-likeness (QED) is 0.880. The van der Waals surface area contributed by atoms with Gasteiger partial charge in [-0.25, -0.2) is 0 Å². The molecule has 0 spiro atoms. The average molecular weight is 245 g/mol. The highest BCUT2D eigenvalue weighted by molar-refractivity contribution is 5.34. The number of aromatic hydroxyl groups is 1. The van der Waals surface area contributed by atoms with Gasteiger partial charge in [0.15, 0.2) is 0 Å². The molecule has 98 valence electrons. The summed E-state index contributed by atoms with van der Waals surface area (Å²) in [5, 5.41) is 9.73. The van der Waals surface area contributed by atoms with Crippen LogP contribution < -0.4 is 0 Å². The molecule has 2 heteroatoms. The second kappa shape index (κ2) is 4.58. The number of hydrogen-bond acceptors (Lipinski definition) is 2. The Morgan fingerprint density at radius 2 is 2.22 bits per heavy atom. The summed E-state index contributed by atoms with van der Waals surface area (Å²) in [6, 6.07) is 8.80. The highest BCUT2D eigenvalue weighted by atomic mass is 16.3. The van der Waals surface area contributed by atoms with Gasteiger partial charge in [-0.05, 0) is 49.9 Å². The fourth-order valence-electron chi connectivity index (χ4n) is 3.55. The van der Waals surface area contributed by atoms with Crippen molar-refractivity contribution < 1.29 is 5.11 Å². The first kappa shape index (κ1) is 12.0. The Morgan fingerprint density at radius 1 is 1.39 bits per heavy atom. The average Bonchev–Trinajstić information content (AvgIpc) is 3.12. The van der Waals surface area contributed by atoms with Crippen LogP contribution in [0.4, 0.5) is 0 Å². The third-order valence-electron chi connectivity index (χ3n) is 4.63. The Labute approximate surface area is 110 Å². The maximum Gasteiger partial charge on any atom is 0.115 e. The van der Waals surface area contributed by atoms with Gasteiger partial charge in [-0.15, -0.1) is 0 Å². The molecule has 3 rings (SSSR count). The number of rotatable bonds is 4. The van der Waals surface area contributed by atoms with E-state index in [1.807, 2.05) is 12.1 Å². The maximum absolute atomic E-state index is 9.73. The number of nitrogens with zero attached hydrogens (tertiary/aromatic N) is 1. The summed E-state index contributed by atoms with van der Waals surface area (Å²) >= 11 is 0. The summed E-state index contributed by atoms with van der Waals surface area (Å²) in [4.78, 5) is 2.67. The van der Waals surface area contributed by atoms with Gasteiger partial charge in [0.2, 0.25) is 0 Å². The second-order valence-corrected chi connectivity index (χ2v) is 6.03. The van der Waals surface area contributed by atoms with Crippen LogP contribution in [0.5, 0.6) is 5.75 Å². The zero-order chi connectivity index (χ0) is 12.6. The molecule has 1 heterocycles. The SMILES string of the molecule is CCC[C@]1(c2cccc(O)c2)CCN(C2CC2)C1. The molecule has 2 aliphatic rings. The molecule has 1 aliphatic heterocycles. The van der Waals surface area contributed by atoms with Crippen LogP contribution in [-0.4, -0.2) is 29.1 Å². The van der Waals surface area contributed by atoms with Gasteiger partial charge < -0.3 is 5.11 Å².